The van der Waals surface area contributed by atoms with Crippen molar-refractivity contribution in [1.82, 2.24) is 0 Å². The standard InChI is InChI=1S/C21H30N3O2/c1-16(2)20(21(25)23(3)18-9-7-6-8-10-18)24(4,5)15-17-11-13-19(26-22)14-12-17/h6-14,16,20H,15,22H2,1-5H3/q+1. The fourth-order valence-corrected chi connectivity index (χ4v) is 3.61. The van der Waals surface area contributed by atoms with E-state index in [0.29, 0.717) is 10.2 Å². The average Bonchev–Trinajstić information content (AvgIpc) is 2.61. The molecular weight excluding hydrogens is 326 g/mol. The highest BCUT2D eigenvalue weighted by Gasteiger charge is 2.39. The van der Waals surface area contributed by atoms with Crippen molar-refractivity contribution in [2.24, 2.45) is 11.8 Å². The molecule has 0 bridgehead atoms. The van der Waals surface area contributed by atoms with Crippen molar-refractivity contribution in [1.29, 1.82) is 0 Å². The summed E-state index contributed by atoms with van der Waals surface area (Å²) in [7, 11) is 6.06. The molecule has 0 aliphatic carbocycles. The van der Waals surface area contributed by atoms with Gasteiger partial charge in [-0.3, -0.25) is 4.79 Å². The molecule has 0 spiro atoms. The van der Waals surface area contributed by atoms with Gasteiger partial charge in [0.05, 0.1) is 14.1 Å². The molecule has 2 aromatic carbocycles. The summed E-state index contributed by atoms with van der Waals surface area (Å²) in [5.74, 6) is 6.14. The Morgan fingerprint density at radius 3 is 2.15 bits per heavy atom. The molecule has 1 amide bonds. The predicted octanol–water partition coefficient (Wildman–Crippen LogP) is 3.20. The largest absolute Gasteiger partial charge is 0.412 e. The molecule has 0 aliphatic rings. The Hall–Kier alpha value is -2.37. The van der Waals surface area contributed by atoms with E-state index in [0.717, 1.165) is 17.8 Å². The van der Waals surface area contributed by atoms with Gasteiger partial charge in [0.1, 0.15) is 12.3 Å². The number of carbonyl (C=O) groups excluding carboxylic acids is 1. The second kappa shape index (κ2) is 8.34. The fourth-order valence-electron chi connectivity index (χ4n) is 3.61. The minimum Gasteiger partial charge on any atom is -0.412 e. The molecule has 0 aliphatic heterocycles. The van der Waals surface area contributed by atoms with Crippen molar-refractivity contribution >= 4 is 11.6 Å². The van der Waals surface area contributed by atoms with E-state index >= 15 is 0 Å². The predicted molar refractivity (Wildman–Crippen MR) is 106 cm³/mol. The van der Waals surface area contributed by atoms with Crippen LogP contribution in [0.1, 0.15) is 19.4 Å². The zero-order valence-electron chi connectivity index (χ0n) is 16.3. The Labute approximate surface area is 156 Å². The molecule has 0 saturated carbocycles. The third kappa shape index (κ3) is 4.62. The zero-order chi connectivity index (χ0) is 19.3. The van der Waals surface area contributed by atoms with Crippen LogP contribution in [0.15, 0.2) is 54.6 Å². The minimum absolute atomic E-state index is 0.123. The third-order valence-corrected chi connectivity index (χ3v) is 4.76. The highest BCUT2D eigenvalue weighted by Crippen LogP contribution is 2.25. The number of nitrogens with zero attached hydrogens (tertiary/aromatic N) is 2. The molecule has 0 saturated heterocycles. The van der Waals surface area contributed by atoms with E-state index in [1.54, 1.807) is 4.90 Å². The van der Waals surface area contributed by atoms with Crippen molar-refractivity contribution in [3.8, 4) is 5.75 Å². The molecule has 0 heterocycles. The first kappa shape index (κ1) is 19.9. The summed E-state index contributed by atoms with van der Waals surface area (Å²) < 4.78 is 0.566. The lowest BCUT2D eigenvalue weighted by atomic mass is 9.98. The van der Waals surface area contributed by atoms with Crippen LogP contribution in [0.2, 0.25) is 0 Å². The summed E-state index contributed by atoms with van der Waals surface area (Å²) in [5.41, 5.74) is 2.05. The quantitative estimate of drug-likeness (QED) is 0.612. The average molecular weight is 356 g/mol. The Morgan fingerprint density at radius 1 is 1.08 bits per heavy atom. The van der Waals surface area contributed by atoms with Gasteiger partial charge in [-0.05, 0) is 36.4 Å². The van der Waals surface area contributed by atoms with Crippen molar-refractivity contribution in [2.75, 3.05) is 26.0 Å². The molecule has 0 fully saturated rings. The zero-order valence-corrected chi connectivity index (χ0v) is 16.3. The highest BCUT2D eigenvalue weighted by molar-refractivity contribution is 5.96. The number of likely N-dealkylation sites (N-methyl/N-ethyl adjacent to an activating group) is 2. The topological polar surface area (TPSA) is 55.6 Å². The first-order valence-corrected chi connectivity index (χ1v) is 8.87. The molecule has 0 aromatic heterocycles. The second-order valence-electron chi connectivity index (χ2n) is 7.62. The molecule has 2 N–H and O–H groups in total. The first-order chi connectivity index (χ1) is 12.3. The van der Waals surface area contributed by atoms with E-state index in [1.165, 1.54) is 0 Å². The molecule has 2 aromatic rings. The number of hydrogen-bond acceptors (Lipinski definition) is 3. The summed E-state index contributed by atoms with van der Waals surface area (Å²) in [6.45, 7) is 4.95. The number of quaternary nitrogens is 1. The van der Waals surface area contributed by atoms with Crippen LogP contribution in [0.4, 0.5) is 5.69 Å². The summed E-state index contributed by atoms with van der Waals surface area (Å²) in [6.07, 6.45) is 0. The van der Waals surface area contributed by atoms with Crippen molar-refractivity contribution < 1.29 is 14.1 Å². The SMILES string of the molecule is CC(C)C(C(=O)N(C)c1ccccc1)[N+](C)(C)Cc1ccc(ON)cc1. The maximum atomic E-state index is 13.3. The van der Waals surface area contributed by atoms with E-state index in [4.69, 9.17) is 10.7 Å². The normalized spacial score (nSPS) is 12.7. The molecule has 1 atom stereocenters. The van der Waals surface area contributed by atoms with Gasteiger partial charge < -0.3 is 14.2 Å². The van der Waals surface area contributed by atoms with E-state index in [2.05, 4.69) is 27.9 Å². The van der Waals surface area contributed by atoms with Gasteiger partial charge in [-0.15, -0.1) is 0 Å². The van der Waals surface area contributed by atoms with Gasteiger partial charge in [-0.1, -0.05) is 32.0 Å². The minimum atomic E-state index is -0.161. The Kier molecular flexibility index (Phi) is 6.40. The number of carbonyl (C=O) groups is 1. The van der Waals surface area contributed by atoms with Gasteiger partial charge in [-0.2, -0.15) is 5.90 Å². The maximum Gasteiger partial charge on any atom is 0.285 e. The van der Waals surface area contributed by atoms with Crippen LogP contribution in [-0.4, -0.2) is 37.6 Å². The Balaban J connectivity index is 2.24. The number of hydrogen-bond donors (Lipinski definition) is 1. The molecular formula is C21H30N3O2+. The monoisotopic (exact) mass is 356 g/mol. The number of rotatable bonds is 7. The van der Waals surface area contributed by atoms with E-state index in [9.17, 15) is 4.79 Å². The van der Waals surface area contributed by atoms with Gasteiger partial charge in [-0.25, -0.2) is 0 Å². The summed E-state index contributed by atoms with van der Waals surface area (Å²) >= 11 is 0. The van der Waals surface area contributed by atoms with Crippen LogP contribution in [0.3, 0.4) is 0 Å². The van der Waals surface area contributed by atoms with Crippen molar-refractivity contribution in [2.45, 2.75) is 26.4 Å². The van der Waals surface area contributed by atoms with Gasteiger partial charge >= 0.3 is 0 Å². The fraction of sp³-hybridized carbons (Fsp3) is 0.381. The van der Waals surface area contributed by atoms with Gasteiger partial charge in [0.15, 0.2) is 6.04 Å². The second-order valence-corrected chi connectivity index (χ2v) is 7.62. The molecule has 5 nitrogen and oxygen atoms in total. The summed E-state index contributed by atoms with van der Waals surface area (Å²) in [6, 6.07) is 17.3. The Morgan fingerprint density at radius 2 is 1.65 bits per heavy atom. The Bertz CT molecular complexity index is 712. The van der Waals surface area contributed by atoms with E-state index in [1.807, 2.05) is 61.6 Å². The van der Waals surface area contributed by atoms with Gasteiger partial charge in [0.2, 0.25) is 0 Å². The molecule has 5 heteroatoms. The number of nitrogens with two attached hydrogens (primary N) is 1. The molecule has 26 heavy (non-hydrogen) atoms. The molecule has 1 unspecified atom stereocenters. The van der Waals surface area contributed by atoms with Crippen LogP contribution in [0.25, 0.3) is 0 Å². The van der Waals surface area contributed by atoms with Gasteiger partial charge in [0, 0.05) is 24.2 Å². The van der Waals surface area contributed by atoms with E-state index in [-0.39, 0.29) is 17.9 Å². The number of amides is 1. The van der Waals surface area contributed by atoms with E-state index < -0.39 is 0 Å². The number of para-hydroxylation sites is 1. The lowest BCUT2D eigenvalue weighted by molar-refractivity contribution is -0.922. The van der Waals surface area contributed by atoms with Crippen LogP contribution in [0.5, 0.6) is 5.75 Å². The number of benzene rings is 2. The lowest BCUT2D eigenvalue weighted by Crippen LogP contribution is -2.58. The molecule has 140 valence electrons. The highest BCUT2D eigenvalue weighted by atomic mass is 16.6. The maximum absolute atomic E-state index is 13.3. The number of anilines is 1. The van der Waals surface area contributed by atoms with Crippen LogP contribution in [-0.2, 0) is 11.3 Å². The van der Waals surface area contributed by atoms with Crippen LogP contribution < -0.4 is 15.6 Å². The summed E-state index contributed by atoms with van der Waals surface area (Å²) in [4.78, 5) is 19.8. The smallest absolute Gasteiger partial charge is 0.285 e. The lowest BCUT2D eigenvalue weighted by Gasteiger charge is -2.41. The van der Waals surface area contributed by atoms with Crippen LogP contribution >= 0.6 is 0 Å². The molecule has 2 rings (SSSR count). The summed E-state index contributed by atoms with van der Waals surface area (Å²) in [5, 5.41) is 0. The van der Waals surface area contributed by atoms with Crippen molar-refractivity contribution in [3.05, 3.63) is 60.2 Å². The third-order valence-electron chi connectivity index (χ3n) is 4.76. The van der Waals surface area contributed by atoms with Crippen molar-refractivity contribution in [3.63, 3.8) is 0 Å². The first-order valence-electron chi connectivity index (χ1n) is 8.87. The molecule has 0 radical (unpaired) electrons. The van der Waals surface area contributed by atoms with Crippen LogP contribution in [0, 0.1) is 5.92 Å². The van der Waals surface area contributed by atoms with Gasteiger partial charge in [0.25, 0.3) is 5.91 Å².